The lowest BCUT2D eigenvalue weighted by atomic mass is 10.2. The number of nitrogens with zero attached hydrogens (tertiary/aromatic N) is 6. The van der Waals surface area contributed by atoms with Crippen LogP contribution in [0.4, 0.5) is 5.82 Å². The molecule has 4 heterocycles. The number of piperazine rings is 1. The number of aromatic nitrogens is 3. The third kappa shape index (κ3) is 4.40. The molecule has 2 aliphatic rings. The van der Waals surface area contributed by atoms with Gasteiger partial charge in [0.1, 0.15) is 0 Å². The quantitative estimate of drug-likeness (QED) is 0.785. The van der Waals surface area contributed by atoms with Gasteiger partial charge in [0.2, 0.25) is 0 Å². The molecule has 0 aliphatic carbocycles. The molecule has 8 nitrogen and oxygen atoms in total. The van der Waals surface area contributed by atoms with Crippen molar-refractivity contribution in [1.29, 1.82) is 0 Å². The highest BCUT2D eigenvalue weighted by molar-refractivity contribution is 5.92. The molecule has 2 fully saturated rings. The highest BCUT2D eigenvalue weighted by Gasteiger charge is 2.24. The van der Waals surface area contributed by atoms with Crippen LogP contribution >= 0.6 is 0 Å². The van der Waals surface area contributed by atoms with Crippen LogP contribution < -0.4 is 4.90 Å². The fourth-order valence-corrected chi connectivity index (χ4v) is 3.39. The van der Waals surface area contributed by atoms with Gasteiger partial charge in [0, 0.05) is 52.0 Å². The molecule has 0 radical (unpaired) electrons. The molecular weight excluding hydrogens is 344 g/mol. The van der Waals surface area contributed by atoms with Gasteiger partial charge in [0.05, 0.1) is 18.9 Å². The number of carbonyl (C=O) groups is 1. The van der Waals surface area contributed by atoms with Gasteiger partial charge < -0.3 is 14.5 Å². The van der Waals surface area contributed by atoms with Crippen LogP contribution in [-0.4, -0.2) is 83.4 Å². The summed E-state index contributed by atoms with van der Waals surface area (Å²) >= 11 is 0. The molecule has 0 spiro atoms. The normalized spacial score (nSPS) is 18.5. The molecule has 2 aromatic heterocycles. The average Bonchev–Trinajstić information content (AvgIpc) is 2.75. The van der Waals surface area contributed by atoms with E-state index in [0.717, 1.165) is 44.2 Å². The van der Waals surface area contributed by atoms with E-state index >= 15 is 0 Å². The minimum Gasteiger partial charge on any atom is -0.378 e. The molecule has 27 heavy (non-hydrogen) atoms. The Morgan fingerprint density at radius 1 is 0.963 bits per heavy atom. The summed E-state index contributed by atoms with van der Waals surface area (Å²) < 4.78 is 5.35. The number of hydrogen-bond acceptors (Lipinski definition) is 7. The Morgan fingerprint density at radius 3 is 2.44 bits per heavy atom. The Labute approximate surface area is 158 Å². The van der Waals surface area contributed by atoms with Crippen molar-refractivity contribution in [2.75, 3.05) is 57.4 Å². The molecule has 0 bridgehead atoms. The van der Waals surface area contributed by atoms with Crippen LogP contribution in [0, 0.1) is 0 Å². The summed E-state index contributed by atoms with van der Waals surface area (Å²) in [5.74, 6) is 0.753. The van der Waals surface area contributed by atoms with Crippen molar-refractivity contribution in [2.24, 2.45) is 0 Å². The van der Waals surface area contributed by atoms with Crippen LogP contribution in [0.2, 0.25) is 0 Å². The maximum atomic E-state index is 12.7. The summed E-state index contributed by atoms with van der Waals surface area (Å²) in [6.45, 7) is 6.88. The van der Waals surface area contributed by atoms with Crippen LogP contribution in [0.5, 0.6) is 0 Å². The molecule has 0 aromatic carbocycles. The zero-order valence-electron chi connectivity index (χ0n) is 15.3. The third-order valence-corrected chi connectivity index (χ3v) is 4.98. The maximum Gasteiger partial charge on any atom is 0.274 e. The van der Waals surface area contributed by atoms with Crippen LogP contribution in [0.15, 0.2) is 36.5 Å². The summed E-state index contributed by atoms with van der Waals surface area (Å²) in [5, 5.41) is 8.41. The van der Waals surface area contributed by atoms with Crippen LogP contribution in [0.3, 0.4) is 0 Å². The summed E-state index contributed by atoms with van der Waals surface area (Å²) in [6, 6.07) is 9.61. The van der Waals surface area contributed by atoms with E-state index in [1.807, 2.05) is 35.4 Å². The lowest BCUT2D eigenvalue weighted by Gasteiger charge is -2.34. The maximum absolute atomic E-state index is 12.7. The van der Waals surface area contributed by atoms with Gasteiger partial charge in [-0.15, -0.1) is 10.2 Å². The zero-order valence-corrected chi connectivity index (χ0v) is 15.3. The van der Waals surface area contributed by atoms with Gasteiger partial charge in [0.25, 0.3) is 5.91 Å². The van der Waals surface area contributed by atoms with E-state index < -0.39 is 0 Å². The largest absolute Gasteiger partial charge is 0.378 e. The smallest absolute Gasteiger partial charge is 0.274 e. The number of morpholine rings is 1. The van der Waals surface area contributed by atoms with Crippen molar-refractivity contribution in [3.63, 3.8) is 0 Å². The van der Waals surface area contributed by atoms with Gasteiger partial charge in [-0.1, -0.05) is 6.07 Å². The van der Waals surface area contributed by atoms with E-state index in [-0.39, 0.29) is 5.91 Å². The second kappa shape index (κ2) is 8.41. The van der Waals surface area contributed by atoms with Crippen LogP contribution in [0.25, 0.3) is 0 Å². The Hall–Kier alpha value is -2.58. The third-order valence-electron chi connectivity index (χ3n) is 4.98. The molecular formula is C19H24N6O2. The summed E-state index contributed by atoms with van der Waals surface area (Å²) in [4.78, 5) is 23.4. The van der Waals surface area contributed by atoms with Gasteiger partial charge in [0.15, 0.2) is 11.5 Å². The minimum absolute atomic E-state index is 0.0477. The van der Waals surface area contributed by atoms with Crippen molar-refractivity contribution in [1.82, 2.24) is 25.0 Å². The number of anilines is 1. The van der Waals surface area contributed by atoms with Crippen molar-refractivity contribution < 1.29 is 9.53 Å². The number of rotatable bonds is 4. The number of pyridine rings is 1. The highest BCUT2D eigenvalue weighted by Crippen LogP contribution is 2.14. The van der Waals surface area contributed by atoms with E-state index in [1.165, 1.54) is 0 Å². The van der Waals surface area contributed by atoms with Crippen LogP contribution in [0.1, 0.15) is 16.2 Å². The zero-order chi connectivity index (χ0) is 18.5. The first-order valence-electron chi connectivity index (χ1n) is 9.37. The number of carbonyl (C=O) groups excluding carboxylic acids is 1. The topological polar surface area (TPSA) is 74.7 Å². The minimum atomic E-state index is -0.0477. The molecule has 142 valence electrons. The van der Waals surface area contributed by atoms with Crippen molar-refractivity contribution in [2.45, 2.75) is 6.54 Å². The Kier molecular flexibility index (Phi) is 5.55. The van der Waals surface area contributed by atoms with Gasteiger partial charge in [-0.3, -0.25) is 14.7 Å². The molecule has 0 saturated carbocycles. The Morgan fingerprint density at radius 2 is 1.78 bits per heavy atom. The number of ether oxygens (including phenoxy) is 1. The Balaban J connectivity index is 1.31. The molecule has 8 heteroatoms. The van der Waals surface area contributed by atoms with Crippen molar-refractivity contribution >= 4 is 11.7 Å². The lowest BCUT2D eigenvalue weighted by molar-refractivity contribution is 0.0620. The first-order chi connectivity index (χ1) is 13.3. The number of hydrogen-bond donors (Lipinski definition) is 0. The van der Waals surface area contributed by atoms with Crippen molar-refractivity contribution in [3.05, 3.63) is 47.9 Å². The van der Waals surface area contributed by atoms with Gasteiger partial charge in [-0.05, 0) is 24.3 Å². The first-order valence-corrected chi connectivity index (χ1v) is 9.37. The van der Waals surface area contributed by atoms with Gasteiger partial charge in [-0.2, -0.15) is 0 Å². The summed E-state index contributed by atoms with van der Waals surface area (Å²) in [5.41, 5.74) is 1.46. The molecule has 2 aromatic rings. The molecule has 0 unspecified atom stereocenters. The van der Waals surface area contributed by atoms with Gasteiger partial charge >= 0.3 is 0 Å². The standard InChI is InChI=1S/C19H24N6O2/c26-19(17-4-5-18(22-21-17)24-11-13-27-14-12-24)25-9-7-23(8-10-25)15-16-3-1-2-6-20-16/h1-6H,7-15H2. The second-order valence-electron chi connectivity index (χ2n) is 6.77. The monoisotopic (exact) mass is 368 g/mol. The van der Waals surface area contributed by atoms with Crippen molar-refractivity contribution in [3.8, 4) is 0 Å². The predicted molar refractivity (Wildman–Crippen MR) is 100 cm³/mol. The van der Waals surface area contributed by atoms with E-state index in [0.29, 0.717) is 32.0 Å². The fourth-order valence-electron chi connectivity index (χ4n) is 3.39. The average molecular weight is 368 g/mol. The van der Waals surface area contributed by atoms with E-state index in [2.05, 4.69) is 25.0 Å². The predicted octanol–water partition coefficient (Wildman–Crippen LogP) is 0.666. The molecule has 2 saturated heterocycles. The second-order valence-corrected chi connectivity index (χ2v) is 6.77. The summed E-state index contributed by atoms with van der Waals surface area (Å²) in [6.07, 6.45) is 1.81. The van der Waals surface area contributed by atoms with E-state index in [1.54, 1.807) is 6.07 Å². The number of amides is 1. The van der Waals surface area contributed by atoms with E-state index in [4.69, 9.17) is 4.74 Å². The fraction of sp³-hybridized carbons (Fsp3) is 0.474. The van der Waals surface area contributed by atoms with Crippen LogP contribution in [-0.2, 0) is 11.3 Å². The Bertz CT molecular complexity index is 741. The highest BCUT2D eigenvalue weighted by atomic mass is 16.5. The first kappa shape index (κ1) is 17.8. The molecule has 2 aliphatic heterocycles. The SMILES string of the molecule is O=C(c1ccc(N2CCOCC2)nn1)N1CCN(Cc2ccccn2)CC1. The van der Waals surface area contributed by atoms with Gasteiger partial charge in [-0.25, -0.2) is 0 Å². The molecule has 0 N–H and O–H groups in total. The molecule has 1 amide bonds. The molecule has 0 atom stereocenters. The molecule has 4 rings (SSSR count). The van der Waals surface area contributed by atoms with E-state index in [9.17, 15) is 4.79 Å². The summed E-state index contributed by atoms with van der Waals surface area (Å²) in [7, 11) is 0. The lowest BCUT2D eigenvalue weighted by Crippen LogP contribution is -2.48.